The van der Waals surface area contributed by atoms with Crippen LogP contribution in [0.25, 0.3) is 0 Å². The van der Waals surface area contributed by atoms with E-state index in [4.69, 9.17) is 0 Å². The molecule has 0 spiro atoms. The van der Waals surface area contributed by atoms with Crippen LogP contribution in [0.2, 0.25) is 0 Å². The highest BCUT2D eigenvalue weighted by Gasteiger charge is 2.32. The molecule has 1 N–H and O–H groups in total. The fourth-order valence-electron chi connectivity index (χ4n) is 2.37. The highest BCUT2D eigenvalue weighted by Crippen LogP contribution is 2.24. The standard InChI is InChI=1S/C12H19N3O2S/c1-13-9-11-5-2-3-8-15(11)18(16,17)12-6-4-7-14-10-12/h4,6-7,10-11,13H,2-3,5,8-9H2,1H3. The van der Waals surface area contributed by atoms with Crippen LogP contribution >= 0.6 is 0 Å². The smallest absolute Gasteiger partial charge is 0.244 e. The molecule has 0 bridgehead atoms. The quantitative estimate of drug-likeness (QED) is 0.880. The minimum atomic E-state index is -3.40. The monoisotopic (exact) mass is 269 g/mol. The maximum Gasteiger partial charge on any atom is 0.244 e. The number of hydrogen-bond acceptors (Lipinski definition) is 4. The van der Waals surface area contributed by atoms with Crippen molar-refractivity contribution in [3.8, 4) is 0 Å². The lowest BCUT2D eigenvalue weighted by molar-refractivity contribution is 0.249. The fraction of sp³-hybridized carbons (Fsp3) is 0.583. The van der Waals surface area contributed by atoms with Crippen LogP contribution < -0.4 is 5.32 Å². The first-order chi connectivity index (χ1) is 8.66. The Labute approximate surface area is 108 Å². The van der Waals surface area contributed by atoms with E-state index in [2.05, 4.69) is 10.3 Å². The number of rotatable bonds is 4. The number of piperidine rings is 1. The Hall–Kier alpha value is -0.980. The summed E-state index contributed by atoms with van der Waals surface area (Å²) in [5.41, 5.74) is 0. The molecule has 0 amide bonds. The largest absolute Gasteiger partial charge is 0.318 e. The minimum Gasteiger partial charge on any atom is -0.318 e. The summed E-state index contributed by atoms with van der Waals surface area (Å²) in [5.74, 6) is 0. The van der Waals surface area contributed by atoms with E-state index in [1.54, 1.807) is 22.6 Å². The second kappa shape index (κ2) is 5.77. The molecule has 2 heterocycles. The molecule has 2 rings (SSSR count). The molecular weight excluding hydrogens is 250 g/mol. The summed E-state index contributed by atoms with van der Waals surface area (Å²) in [6.45, 7) is 1.29. The summed E-state index contributed by atoms with van der Waals surface area (Å²) >= 11 is 0. The molecule has 1 aliphatic heterocycles. The Morgan fingerprint density at radius 3 is 3.00 bits per heavy atom. The molecule has 0 saturated carbocycles. The van der Waals surface area contributed by atoms with Crippen LogP contribution in [0.5, 0.6) is 0 Å². The zero-order valence-electron chi connectivity index (χ0n) is 10.5. The number of sulfonamides is 1. The second-order valence-electron chi connectivity index (χ2n) is 4.51. The Morgan fingerprint density at radius 1 is 1.50 bits per heavy atom. The van der Waals surface area contributed by atoms with Crippen LogP contribution in [0, 0.1) is 0 Å². The van der Waals surface area contributed by atoms with E-state index in [0.29, 0.717) is 13.1 Å². The molecule has 1 aromatic rings. The molecule has 1 atom stereocenters. The lowest BCUT2D eigenvalue weighted by Gasteiger charge is -2.34. The molecule has 0 radical (unpaired) electrons. The number of hydrogen-bond donors (Lipinski definition) is 1. The molecule has 1 aliphatic rings. The molecule has 100 valence electrons. The first kappa shape index (κ1) is 13.5. The van der Waals surface area contributed by atoms with Gasteiger partial charge in [0.25, 0.3) is 0 Å². The van der Waals surface area contributed by atoms with E-state index < -0.39 is 10.0 Å². The van der Waals surface area contributed by atoms with Gasteiger partial charge < -0.3 is 5.32 Å². The summed E-state index contributed by atoms with van der Waals surface area (Å²) in [7, 11) is -1.55. The lowest BCUT2D eigenvalue weighted by Crippen LogP contribution is -2.47. The maximum atomic E-state index is 12.5. The maximum absolute atomic E-state index is 12.5. The Balaban J connectivity index is 2.27. The van der Waals surface area contributed by atoms with Crippen molar-refractivity contribution in [3.63, 3.8) is 0 Å². The van der Waals surface area contributed by atoms with Gasteiger partial charge in [0.15, 0.2) is 0 Å². The molecule has 5 nitrogen and oxygen atoms in total. The van der Waals surface area contributed by atoms with Gasteiger partial charge in [-0.05, 0) is 32.0 Å². The molecule has 0 aliphatic carbocycles. The molecule has 18 heavy (non-hydrogen) atoms. The first-order valence-electron chi connectivity index (χ1n) is 6.22. The van der Waals surface area contributed by atoms with Crippen LogP contribution in [-0.4, -0.2) is 43.9 Å². The fourth-order valence-corrected chi connectivity index (χ4v) is 4.02. The Kier molecular flexibility index (Phi) is 4.31. The van der Waals surface area contributed by atoms with E-state index in [1.807, 2.05) is 7.05 Å². The second-order valence-corrected chi connectivity index (χ2v) is 6.40. The van der Waals surface area contributed by atoms with Crippen molar-refractivity contribution in [2.75, 3.05) is 20.1 Å². The van der Waals surface area contributed by atoms with Crippen molar-refractivity contribution >= 4 is 10.0 Å². The average molecular weight is 269 g/mol. The molecule has 6 heteroatoms. The summed E-state index contributed by atoms with van der Waals surface area (Å²) in [6, 6.07) is 3.31. The van der Waals surface area contributed by atoms with E-state index in [1.165, 1.54) is 6.20 Å². The SMILES string of the molecule is CNCC1CCCCN1S(=O)(=O)c1cccnc1. The summed E-state index contributed by atoms with van der Waals surface area (Å²) < 4.78 is 26.7. The van der Waals surface area contributed by atoms with Crippen molar-refractivity contribution in [1.82, 2.24) is 14.6 Å². The number of nitrogens with zero attached hydrogens (tertiary/aromatic N) is 2. The van der Waals surface area contributed by atoms with Crippen LogP contribution in [0.15, 0.2) is 29.4 Å². The molecule has 1 unspecified atom stereocenters. The third-order valence-electron chi connectivity index (χ3n) is 3.25. The zero-order valence-corrected chi connectivity index (χ0v) is 11.4. The number of aromatic nitrogens is 1. The predicted octanol–water partition coefficient (Wildman–Crippen LogP) is 0.844. The van der Waals surface area contributed by atoms with Crippen LogP contribution in [0.4, 0.5) is 0 Å². The number of nitrogens with one attached hydrogen (secondary N) is 1. The first-order valence-corrected chi connectivity index (χ1v) is 7.66. The van der Waals surface area contributed by atoms with E-state index in [0.717, 1.165) is 19.3 Å². The van der Waals surface area contributed by atoms with Gasteiger partial charge in [-0.3, -0.25) is 4.98 Å². The lowest BCUT2D eigenvalue weighted by atomic mass is 10.1. The van der Waals surface area contributed by atoms with Crippen LogP contribution in [0.1, 0.15) is 19.3 Å². The van der Waals surface area contributed by atoms with Gasteiger partial charge in [-0.1, -0.05) is 6.42 Å². The van der Waals surface area contributed by atoms with Gasteiger partial charge in [0, 0.05) is 31.5 Å². The summed E-state index contributed by atoms with van der Waals surface area (Å²) in [6.07, 6.45) is 5.94. The third-order valence-corrected chi connectivity index (χ3v) is 5.19. The van der Waals surface area contributed by atoms with Crippen molar-refractivity contribution in [2.45, 2.75) is 30.2 Å². The van der Waals surface area contributed by atoms with Crippen molar-refractivity contribution in [2.24, 2.45) is 0 Å². The van der Waals surface area contributed by atoms with Gasteiger partial charge in [0.05, 0.1) is 0 Å². The van der Waals surface area contributed by atoms with E-state index in [-0.39, 0.29) is 10.9 Å². The molecule has 0 aromatic carbocycles. The predicted molar refractivity (Wildman–Crippen MR) is 69.7 cm³/mol. The van der Waals surface area contributed by atoms with Gasteiger partial charge >= 0.3 is 0 Å². The summed E-state index contributed by atoms with van der Waals surface area (Å²) in [4.78, 5) is 4.18. The van der Waals surface area contributed by atoms with Gasteiger partial charge in [0.1, 0.15) is 4.90 Å². The minimum absolute atomic E-state index is 0.0500. The van der Waals surface area contributed by atoms with E-state index in [9.17, 15) is 8.42 Å². The van der Waals surface area contributed by atoms with Gasteiger partial charge in [-0.15, -0.1) is 0 Å². The molecule has 1 aromatic heterocycles. The van der Waals surface area contributed by atoms with Crippen LogP contribution in [0.3, 0.4) is 0 Å². The van der Waals surface area contributed by atoms with E-state index >= 15 is 0 Å². The van der Waals surface area contributed by atoms with Gasteiger partial charge in [-0.25, -0.2) is 8.42 Å². The number of pyridine rings is 1. The van der Waals surface area contributed by atoms with Crippen molar-refractivity contribution in [3.05, 3.63) is 24.5 Å². The van der Waals surface area contributed by atoms with Gasteiger partial charge in [0.2, 0.25) is 10.0 Å². The Morgan fingerprint density at radius 2 is 2.33 bits per heavy atom. The Bertz CT molecular complexity index is 473. The summed E-state index contributed by atoms with van der Waals surface area (Å²) in [5, 5.41) is 3.07. The average Bonchev–Trinajstić information content (AvgIpc) is 2.41. The van der Waals surface area contributed by atoms with Crippen molar-refractivity contribution in [1.29, 1.82) is 0 Å². The van der Waals surface area contributed by atoms with Crippen LogP contribution in [-0.2, 0) is 10.0 Å². The highest BCUT2D eigenvalue weighted by atomic mass is 32.2. The third kappa shape index (κ3) is 2.71. The normalized spacial score (nSPS) is 21.9. The zero-order chi connectivity index (χ0) is 13.0. The topological polar surface area (TPSA) is 62.3 Å². The molecule has 1 fully saturated rings. The molecule has 1 saturated heterocycles. The number of likely N-dealkylation sites (N-methyl/N-ethyl adjacent to an activating group) is 1. The van der Waals surface area contributed by atoms with Gasteiger partial charge in [-0.2, -0.15) is 4.31 Å². The molecular formula is C12H19N3O2S. The highest BCUT2D eigenvalue weighted by molar-refractivity contribution is 7.89. The van der Waals surface area contributed by atoms with Crippen molar-refractivity contribution < 1.29 is 8.42 Å².